The molecule has 1 unspecified atom stereocenters. The van der Waals surface area contributed by atoms with Gasteiger partial charge in [0, 0.05) is 5.56 Å². The Labute approximate surface area is 81.8 Å². The van der Waals surface area contributed by atoms with Crippen molar-refractivity contribution in [3.8, 4) is 0 Å². The number of rotatable bonds is 4. The molecule has 0 amide bonds. The predicted octanol–water partition coefficient (Wildman–Crippen LogP) is 1.53. The summed E-state index contributed by atoms with van der Waals surface area (Å²) in [7, 11) is 0. The van der Waals surface area contributed by atoms with Crippen LogP contribution in [0.1, 0.15) is 17.4 Å². The number of aryl methyl sites for hydroxylation is 1. The molecule has 0 aliphatic rings. The fourth-order valence-electron chi connectivity index (χ4n) is 1.09. The van der Waals surface area contributed by atoms with E-state index in [0.717, 1.165) is 5.56 Å². The average molecular weight is 195 g/mol. The molecule has 75 valence electrons. The van der Waals surface area contributed by atoms with Crippen molar-refractivity contribution in [3.05, 3.63) is 35.4 Å². The summed E-state index contributed by atoms with van der Waals surface area (Å²) in [5.41, 5.74) is 1.28. The largest absolute Gasteiger partial charge is 0.480 e. The molecule has 4 nitrogen and oxygen atoms in total. The first-order chi connectivity index (χ1) is 6.61. The molecule has 1 N–H and O–H groups in total. The Hall–Kier alpha value is -1.39. The molecule has 0 bridgehead atoms. The number of benzene rings is 1. The molecule has 1 radical (unpaired) electrons. The minimum absolute atomic E-state index is 0.480. The smallest absolute Gasteiger partial charge is 0.329 e. The van der Waals surface area contributed by atoms with Gasteiger partial charge in [0.05, 0.1) is 0 Å². The van der Waals surface area contributed by atoms with Crippen molar-refractivity contribution in [2.45, 2.75) is 13.2 Å². The summed E-state index contributed by atoms with van der Waals surface area (Å²) in [6, 6.07) is 6.94. The molecule has 0 saturated heterocycles. The number of carboxylic acid groups (broad SMARTS) is 1. The Bertz CT molecular complexity index is 322. The number of carbonyl (C=O) groups is 1. The Kier molecular flexibility index (Phi) is 3.62. The molecule has 1 atom stereocenters. The molecular formula is C10H11O4. The molecular weight excluding hydrogens is 184 g/mol. The fourth-order valence-corrected chi connectivity index (χ4v) is 1.09. The van der Waals surface area contributed by atoms with Crippen LogP contribution in [0.2, 0.25) is 0 Å². The van der Waals surface area contributed by atoms with E-state index in [4.69, 9.17) is 5.11 Å². The van der Waals surface area contributed by atoms with Crippen LogP contribution in [0.5, 0.6) is 0 Å². The van der Waals surface area contributed by atoms with Crippen LogP contribution in [0, 0.1) is 6.92 Å². The number of aliphatic carboxylic acids is 1. The van der Waals surface area contributed by atoms with Crippen molar-refractivity contribution in [2.24, 2.45) is 0 Å². The molecule has 0 aliphatic carbocycles. The average Bonchev–Trinajstić information content (AvgIpc) is 2.15. The van der Waals surface area contributed by atoms with E-state index in [1.54, 1.807) is 25.1 Å². The third-order valence-corrected chi connectivity index (χ3v) is 1.80. The SMILES string of the molecule is Cc1ccccc1C([O])OCC(=O)O. The maximum absolute atomic E-state index is 11.4. The number of hydrogen-bond acceptors (Lipinski definition) is 2. The van der Waals surface area contributed by atoms with Gasteiger partial charge in [0.15, 0.2) is 0 Å². The first-order valence-electron chi connectivity index (χ1n) is 4.16. The maximum atomic E-state index is 11.4. The van der Waals surface area contributed by atoms with E-state index >= 15 is 0 Å². The zero-order valence-electron chi connectivity index (χ0n) is 7.77. The number of hydrogen-bond donors (Lipinski definition) is 1. The normalized spacial score (nSPS) is 12.4. The molecule has 0 fully saturated rings. The molecule has 1 aromatic carbocycles. The van der Waals surface area contributed by atoms with Crippen molar-refractivity contribution in [1.82, 2.24) is 0 Å². The Morgan fingerprint density at radius 2 is 2.14 bits per heavy atom. The van der Waals surface area contributed by atoms with Gasteiger partial charge < -0.3 is 9.84 Å². The van der Waals surface area contributed by atoms with Crippen LogP contribution in [0.3, 0.4) is 0 Å². The van der Waals surface area contributed by atoms with Gasteiger partial charge in [-0.25, -0.2) is 4.79 Å². The lowest BCUT2D eigenvalue weighted by Gasteiger charge is -2.10. The van der Waals surface area contributed by atoms with E-state index in [-0.39, 0.29) is 0 Å². The second kappa shape index (κ2) is 4.74. The molecule has 0 spiro atoms. The van der Waals surface area contributed by atoms with Gasteiger partial charge in [0.25, 0.3) is 0 Å². The summed E-state index contributed by atoms with van der Waals surface area (Å²) in [6.45, 7) is 1.22. The molecule has 14 heavy (non-hydrogen) atoms. The Balaban J connectivity index is 2.65. The van der Waals surface area contributed by atoms with Crippen molar-refractivity contribution >= 4 is 5.97 Å². The van der Waals surface area contributed by atoms with Crippen LogP contribution in [-0.2, 0) is 14.6 Å². The highest BCUT2D eigenvalue weighted by Gasteiger charge is 2.13. The van der Waals surface area contributed by atoms with Crippen LogP contribution in [0.25, 0.3) is 0 Å². The van der Waals surface area contributed by atoms with Crippen LogP contribution in [0.15, 0.2) is 24.3 Å². The van der Waals surface area contributed by atoms with Gasteiger partial charge in [0.2, 0.25) is 6.29 Å². The third kappa shape index (κ3) is 2.83. The Morgan fingerprint density at radius 1 is 1.50 bits per heavy atom. The fraction of sp³-hybridized carbons (Fsp3) is 0.300. The zero-order valence-corrected chi connectivity index (χ0v) is 7.77. The van der Waals surface area contributed by atoms with E-state index in [9.17, 15) is 9.90 Å². The van der Waals surface area contributed by atoms with Gasteiger partial charge in [-0.1, -0.05) is 24.3 Å². The monoisotopic (exact) mass is 195 g/mol. The van der Waals surface area contributed by atoms with Gasteiger partial charge in [-0.2, -0.15) is 5.11 Å². The van der Waals surface area contributed by atoms with Gasteiger partial charge in [-0.15, -0.1) is 0 Å². The van der Waals surface area contributed by atoms with Gasteiger partial charge in [-0.3, -0.25) is 0 Å². The quantitative estimate of drug-likeness (QED) is 0.741. The molecule has 1 rings (SSSR count). The van der Waals surface area contributed by atoms with E-state index in [1.807, 2.05) is 6.07 Å². The van der Waals surface area contributed by atoms with Crippen molar-refractivity contribution in [3.63, 3.8) is 0 Å². The Morgan fingerprint density at radius 3 is 2.71 bits per heavy atom. The molecule has 0 aromatic heterocycles. The van der Waals surface area contributed by atoms with Gasteiger partial charge in [0.1, 0.15) is 6.61 Å². The second-order valence-electron chi connectivity index (χ2n) is 2.89. The summed E-state index contributed by atoms with van der Waals surface area (Å²) in [6.07, 6.45) is -1.42. The highest BCUT2D eigenvalue weighted by molar-refractivity contribution is 5.68. The topological polar surface area (TPSA) is 66.4 Å². The summed E-state index contributed by atoms with van der Waals surface area (Å²) in [5.74, 6) is -1.14. The van der Waals surface area contributed by atoms with Gasteiger partial charge >= 0.3 is 5.97 Å². The maximum Gasteiger partial charge on any atom is 0.329 e. The lowest BCUT2D eigenvalue weighted by molar-refractivity contribution is -0.170. The molecule has 0 aliphatic heterocycles. The number of carboxylic acids is 1. The first-order valence-corrected chi connectivity index (χ1v) is 4.16. The third-order valence-electron chi connectivity index (χ3n) is 1.80. The minimum atomic E-state index is -1.42. The van der Waals surface area contributed by atoms with Gasteiger partial charge in [-0.05, 0) is 12.5 Å². The van der Waals surface area contributed by atoms with Crippen molar-refractivity contribution < 1.29 is 19.7 Å². The molecule has 0 heterocycles. The van der Waals surface area contributed by atoms with E-state index in [2.05, 4.69) is 4.74 Å². The summed E-state index contributed by atoms with van der Waals surface area (Å²) in [5, 5.41) is 19.7. The standard InChI is InChI=1S/C10H11O4/c1-7-4-2-3-5-8(7)10(13)14-6-9(11)12/h2-5,10H,6H2,1H3,(H,11,12). The molecule has 0 saturated carbocycles. The highest BCUT2D eigenvalue weighted by Crippen LogP contribution is 2.18. The first kappa shape index (κ1) is 10.7. The summed E-state index contributed by atoms with van der Waals surface area (Å²) >= 11 is 0. The van der Waals surface area contributed by atoms with E-state index < -0.39 is 18.9 Å². The molecule has 1 aromatic rings. The minimum Gasteiger partial charge on any atom is -0.480 e. The van der Waals surface area contributed by atoms with Crippen LogP contribution < -0.4 is 0 Å². The van der Waals surface area contributed by atoms with Crippen molar-refractivity contribution in [1.29, 1.82) is 0 Å². The highest BCUT2D eigenvalue weighted by atomic mass is 16.6. The predicted molar refractivity (Wildman–Crippen MR) is 48.2 cm³/mol. The van der Waals surface area contributed by atoms with Crippen LogP contribution in [-0.4, -0.2) is 17.7 Å². The van der Waals surface area contributed by atoms with Crippen LogP contribution in [0.4, 0.5) is 0 Å². The summed E-state index contributed by atoms with van der Waals surface area (Å²) < 4.78 is 4.62. The molecule has 4 heteroatoms. The van der Waals surface area contributed by atoms with Crippen LogP contribution >= 0.6 is 0 Å². The lowest BCUT2D eigenvalue weighted by Crippen LogP contribution is -2.11. The van der Waals surface area contributed by atoms with E-state index in [1.165, 1.54) is 0 Å². The summed E-state index contributed by atoms with van der Waals surface area (Å²) in [4.78, 5) is 10.2. The van der Waals surface area contributed by atoms with E-state index in [0.29, 0.717) is 5.56 Å². The second-order valence-corrected chi connectivity index (χ2v) is 2.89. The number of ether oxygens (including phenoxy) is 1. The van der Waals surface area contributed by atoms with Crippen molar-refractivity contribution in [2.75, 3.05) is 6.61 Å². The zero-order chi connectivity index (χ0) is 10.6. The lowest BCUT2D eigenvalue weighted by atomic mass is 10.1.